The lowest BCUT2D eigenvalue weighted by Gasteiger charge is -2.17. The van der Waals surface area contributed by atoms with Gasteiger partial charge in [-0.2, -0.15) is 0 Å². The zero-order chi connectivity index (χ0) is 13.5. The van der Waals surface area contributed by atoms with Gasteiger partial charge in [0.25, 0.3) is 0 Å². The summed E-state index contributed by atoms with van der Waals surface area (Å²) >= 11 is 0. The van der Waals surface area contributed by atoms with Crippen LogP contribution in [-0.4, -0.2) is 31.4 Å². The molecule has 1 aromatic rings. The molecule has 0 bridgehead atoms. The summed E-state index contributed by atoms with van der Waals surface area (Å²) in [5.74, 6) is -0.108. The molecule has 1 unspecified atom stereocenters. The molecule has 1 rings (SSSR count). The molecule has 0 aliphatic carbocycles. The van der Waals surface area contributed by atoms with Gasteiger partial charge in [0.15, 0.2) is 0 Å². The summed E-state index contributed by atoms with van der Waals surface area (Å²) < 4.78 is 0. The van der Waals surface area contributed by atoms with Crippen LogP contribution in [0.1, 0.15) is 18.9 Å². The average molecular weight is 249 g/mol. The Morgan fingerprint density at radius 2 is 2.06 bits per heavy atom. The van der Waals surface area contributed by atoms with Crippen molar-refractivity contribution in [3.63, 3.8) is 0 Å². The van der Waals surface area contributed by atoms with Crippen LogP contribution in [-0.2, 0) is 11.3 Å². The molecule has 1 amide bonds. The fourth-order valence-electron chi connectivity index (χ4n) is 1.81. The first kappa shape index (κ1) is 14.7. The second-order valence-corrected chi connectivity index (χ2v) is 4.73. The Labute approximate surface area is 109 Å². The molecule has 0 heterocycles. The Hall–Kier alpha value is -1.39. The van der Waals surface area contributed by atoms with Gasteiger partial charge in [-0.3, -0.25) is 4.79 Å². The fourth-order valence-corrected chi connectivity index (χ4v) is 1.81. The van der Waals surface area contributed by atoms with Gasteiger partial charge >= 0.3 is 0 Å². The minimum Gasteiger partial charge on any atom is -0.330 e. The lowest BCUT2D eigenvalue weighted by Crippen LogP contribution is -2.29. The molecule has 0 spiro atoms. The van der Waals surface area contributed by atoms with Crippen molar-refractivity contribution in [1.82, 2.24) is 4.90 Å². The number of carbonyl (C=O) groups is 1. The monoisotopic (exact) mass is 249 g/mol. The van der Waals surface area contributed by atoms with Gasteiger partial charge in [0, 0.05) is 18.8 Å². The van der Waals surface area contributed by atoms with Gasteiger partial charge in [0.1, 0.15) is 0 Å². The Kier molecular flexibility index (Phi) is 5.82. The van der Waals surface area contributed by atoms with E-state index in [-0.39, 0.29) is 11.8 Å². The number of rotatable bonds is 6. The number of nitrogens with one attached hydrogen (secondary N) is 1. The Balaban J connectivity index is 2.80. The molecule has 0 radical (unpaired) electrons. The molecule has 0 aliphatic rings. The number of nitrogens with zero attached hydrogens (tertiary/aromatic N) is 1. The molecule has 1 aromatic carbocycles. The van der Waals surface area contributed by atoms with Crippen LogP contribution in [0.4, 0.5) is 5.69 Å². The standard InChI is InChI=1S/C14H23N3O/c1-4-11(9-15)14(18)16-13-8-6-5-7-12(13)10-17(2)3/h5-8,11H,4,9-10,15H2,1-3H3,(H,16,18). The van der Waals surface area contributed by atoms with Gasteiger partial charge in [0.05, 0.1) is 5.92 Å². The predicted molar refractivity (Wildman–Crippen MR) is 75.3 cm³/mol. The third-order valence-corrected chi connectivity index (χ3v) is 2.91. The number of hydrogen-bond donors (Lipinski definition) is 2. The molecule has 0 saturated heterocycles. The van der Waals surface area contributed by atoms with Crippen molar-refractivity contribution in [2.45, 2.75) is 19.9 Å². The van der Waals surface area contributed by atoms with Crippen LogP contribution < -0.4 is 11.1 Å². The van der Waals surface area contributed by atoms with E-state index in [4.69, 9.17) is 5.73 Å². The van der Waals surface area contributed by atoms with Crippen LogP contribution in [0.15, 0.2) is 24.3 Å². The van der Waals surface area contributed by atoms with Gasteiger partial charge < -0.3 is 16.0 Å². The minimum absolute atomic E-state index is 0.00575. The normalized spacial score (nSPS) is 12.5. The molecule has 18 heavy (non-hydrogen) atoms. The van der Waals surface area contributed by atoms with Crippen molar-refractivity contribution in [1.29, 1.82) is 0 Å². The molecule has 4 nitrogen and oxygen atoms in total. The highest BCUT2D eigenvalue weighted by Gasteiger charge is 2.15. The number of amides is 1. The lowest BCUT2D eigenvalue weighted by molar-refractivity contribution is -0.119. The number of benzene rings is 1. The average Bonchev–Trinajstić information content (AvgIpc) is 2.32. The van der Waals surface area contributed by atoms with Crippen molar-refractivity contribution >= 4 is 11.6 Å². The van der Waals surface area contributed by atoms with E-state index >= 15 is 0 Å². The van der Waals surface area contributed by atoms with Crippen molar-refractivity contribution in [2.75, 3.05) is 26.0 Å². The summed E-state index contributed by atoms with van der Waals surface area (Å²) in [5, 5.41) is 2.97. The van der Waals surface area contributed by atoms with E-state index in [0.29, 0.717) is 6.54 Å². The maximum Gasteiger partial charge on any atom is 0.228 e. The molecule has 0 saturated carbocycles. The van der Waals surface area contributed by atoms with Gasteiger partial charge in [-0.15, -0.1) is 0 Å². The van der Waals surface area contributed by atoms with Crippen molar-refractivity contribution in [3.05, 3.63) is 29.8 Å². The molecule has 3 N–H and O–H groups in total. The van der Waals surface area contributed by atoms with Crippen molar-refractivity contribution < 1.29 is 4.79 Å². The van der Waals surface area contributed by atoms with E-state index in [0.717, 1.165) is 24.2 Å². The Morgan fingerprint density at radius 1 is 1.39 bits per heavy atom. The molecular weight excluding hydrogens is 226 g/mol. The molecule has 0 aromatic heterocycles. The Morgan fingerprint density at radius 3 is 2.61 bits per heavy atom. The Bertz CT molecular complexity index is 386. The number of nitrogens with two attached hydrogens (primary N) is 1. The smallest absolute Gasteiger partial charge is 0.228 e. The molecule has 0 aliphatic heterocycles. The maximum atomic E-state index is 12.0. The van der Waals surface area contributed by atoms with Crippen LogP contribution in [0, 0.1) is 5.92 Å². The molecule has 0 fully saturated rings. The summed E-state index contributed by atoms with van der Waals surface area (Å²) in [6, 6.07) is 7.87. The lowest BCUT2D eigenvalue weighted by atomic mass is 10.1. The minimum atomic E-state index is -0.114. The van der Waals surface area contributed by atoms with Gasteiger partial charge in [-0.1, -0.05) is 25.1 Å². The van der Waals surface area contributed by atoms with Gasteiger partial charge in [-0.05, 0) is 32.1 Å². The summed E-state index contributed by atoms with van der Waals surface area (Å²) in [6.07, 6.45) is 0.762. The van der Waals surface area contributed by atoms with E-state index in [1.165, 1.54) is 0 Å². The van der Waals surface area contributed by atoms with Gasteiger partial charge in [-0.25, -0.2) is 0 Å². The van der Waals surface area contributed by atoms with Crippen LogP contribution in [0.3, 0.4) is 0 Å². The predicted octanol–water partition coefficient (Wildman–Crippen LogP) is 1.67. The van der Waals surface area contributed by atoms with E-state index in [1.54, 1.807) is 0 Å². The maximum absolute atomic E-state index is 12.0. The summed E-state index contributed by atoms with van der Waals surface area (Å²) in [7, 11) is 4.01. The second-order valence-electron chi connectivity index (χ2n) is 4.73. The third kappa shape index (κ3) is 4.13. The fraction of sp³-hybridized carbons (Fsp3) is 0.500. The van der Waals surface area contributed by atoms with E-state index in [1.807, 2.05) is 45.3 Å². The van der Waals surface area contributed by atoms with Crippen molar-refractivity contribution in [2.24, 2.45) is 11.7 Å². The van der Waals surface area contributed by atoms with E-state index in [9.17, 15) is 4.79 Å². The molecule has 1 atom stereocenters. The first-order valence-corrected chi connectivity index (χ1v) is 6.32. The van der Waals surface area contributed by atoms with Crippen LogP contribution >= 0.6 is 0 Å². The van der Waals surface area contributed by atoms with E-state index in [2.05, 4.69) is 10.2 Å². The van der Waals surface area contributed by atoms with E-state index < -0.39 is 0 Å². The molecular formula is C14H23N3O. The van der Waals surface area contributed by atoms with Crippen LogP contribution in [0.5, 0.6) is 0 Å². The topological polar surface area (TPSA) is 58.4 Å². The second kappa shape index (κ2) is 7.13. The number of carbonyl (C=O) groups excluding carboxylic acids is 1. The van der Waals surface area contributed by atoms with Crippen molar-refractivity contribution in [3.8, 4) is 0 Å². The highest BCUT2D eigenvalue weighted by molar-refractivity contribution is 5.93. The van der Waals surface area contributed by atoms with Gasteiger partial charge in [0.2, 0.25) is 5.91 Å². The summed E-state index contributed by atoms with van der Waals surface area (Å²) in [4.78, 5) is 14.1. The summed E-state index contributed by atoms with van der Waals surface area (Å²) in [5.41, 5.74) is 7.58. The largest absolute Gasteiger partial charge is 0.330 e. The SMILES string of the molecule is CCC(CN)C(=O)Nc1ccccc1CN(C)C. The molecule has 4 heteroatoms. The number of anilines is 1. The molecule has 100 valence electrons. The quantitative estimate of drug-likeness (QED) is 0.806. The zero-order valence-electron chi connectivity index (χ0n) is 11.4. The first-order valence-electron chi connectivity index (χ1n) is 6.32. The first-order chi connectivity index (χ1) is 8.58. The number of hydrogen-bond acceptors (Lipinski definition) is 3. The number of para-hydroxylation sites is 1. The van der Waals surface area contributed by atoms with Crippen LogP contribution in [0.2, 0.25) is 0 Å². The highest BCUT2D eigenvalue weighted by atomic mass is 16.1. The van der Waals surface area contributed by atoms with Crippen LogP contribution in [0.25, 0.3) is 0 Å². The zero-order valence-corrected chi connectivity index (χ0v) is 11.4. The third-order valence-electron chi connectivity index (χ3n) is 2.91. The highest BCUT2D eigenvalue weighted by Crippen LogP contribution is 2.17. The summed E-state index contributed by atoms with van der Waals surface area (Å²) in [6.45, 7) is 3.16.